The molecule has 7 heteroatoms. The average Bonchev–Trinajstić information content (AvgIpc) is 3.06. The zero-order chi connectivity index (χ0) is 15.6. The molecule has 0 saturated heterocycles. The minimum atomic E-state index is -0.0300. The fraction of sp³-hybridized carbons (Fsp3) is 0.750. The second-order valence-corrected chi connectivity index (χ2v) is 7.97. The monoisotopic (exact) mass is 381 g/mol. The maximum atomic E-state index is 12.4. The van der Waals surface area contributed by atoms with Crippen molar-refractivity contribution in [3.8, 4) is 0 Å². The number of halogens is 2. The molecule has 0 radical (unpaired) electrons. The van der Waals surface area contributed by atoms with Crippen LogP contribution in [0.4, 0.5) is 0 Å². The van der Waals surface area contributed by atoms with E-state index in [4.69, 9.17) is 5.73 Å². The van der Waals surface area contributed by atoms with Gasteiger partial charge >= 0.3 is 0 Å². The second-order valence-electron chi connectivity index (χ2n) is 7.08. The zero-order valence-electron chi connectivity index (χ0n) is 14.3. The summed E-state index contributed by atoms with van der Waals surface area (Å²) in [5.74, 6) is 0.570. The molecule has 134 valence electrons. The molecule has 1 heterocycles. The topological polar surface area (TPSA) is 68.0 Å². The van der Waals surface area contributed by atoms with Crippen LogP contribution >= 0.6 is 36.2 Å². The van der Waals surface area contributed by atoms with Gasteiger partial charge in [-0.2, -0.15) is 0 Å². The van der Waals surface area contributed by atoms with Gasteiger partial charge in [-0.3, -0.25) is 4.79 Å². The molecule has 23 heavy (non-hydrogen) atoms. The Morgan fingerprint density at radius 1 is 1.43 bits per heavy atom. The van der Waals surface area contributed by atoms with Gasteiger partial charge in [0.2, 0.25) is 5.91 Å². The Morgan fingerprint density at radius 3 is 2.61 bits per heavy atom. The minimum Gasteiger partial charge on any atom is -0.347 e. The highest BCUT2D eigenvalue weighted by Gasteiger charge is 2.32. The third-order valence-electron chi connectivity index (χ3n) is 4.32. The van der Waals surface area contributed by atoms with Gasteiger partial charge in [-0.05, 0) is 32.2 Å². The highest BCUT2D eigenvalue weighted by molar-refractivity contribution is 7.09. The number of rotatable bonds is 4. The molecule has 1 saturated carbocycles. The normalized spacial score (nSPS) is 22.0. The second kappa shape index (κ2) is 9.21. The van der Waals surface area contributed by atoms with Gasteiger partial charge in [0.25, 0.3) is 0 Å². The van der Waals surface area contributed by atoms with E-state index in [2.05, 4.69) is 36.5 Å². The molecule has 1 fully saturated rings. The number of amides is 1. The van der Waals surface area contributed by atoms with Crippen molar-refractivity contribution in [1.82, 2.24) is 10.3 Å². The quantitative estimate of drug-likeness (QED) is 0.832. The van der Waals surface area contributed by atoms with Crippen molar-refractivity contribution in [2.24, 2.45) is 17.6 Å². The van der Waals surface area contributed by atoms with Gasteiger partial charge in [-0.1, -0.05) is 27.2 Å². The summed E-state index contributed by atoms with van der Waals surface area (Å²) >= 11 is 1.63. The highest BCUT2D eigenvalue weighted by Crippen LogP contribution is 2.32. The maximum absolute atomic E-state index is 12.4. The van der Waals surface area contributed by atoms with Crippen LogP contribution in [0, 0.1) is 11.8 Å². The van der Waals surface area contributed by atoms with Crippen LogP contribution in [0.1, 0.15) is 63.7 Å². The van der Waals surface area contributed by atoms with E-state index in [1.54, 1.807) is 11.3 Å². The van der Waals surface area contributed by atoms with Crippen LogP contribution in [0.25, 0.3) is 0 Å². The number of carbonyl (C=O) groups is 1. The summed E-state index contributed by atoms with van der Waals surface area (Å²) < 4.78 is 0. The SMILES string of the molecule is CC(NC(=O)[C@@H]1CCC[C@@H]1CN)c1nc(C(C)(C)C)cs1.Cl.Cl. The lowest BCUT2D eigenvalue weighted by atomic mass is 9.93. The molecular formula is C16H29Cl2N3OS. The number of nitrogens with one attached hydrogen (secondary N) is 1. The van der Waals surface area contributed by atoms with Crippen LogP contribution in [0.3, 0.4) is 0 Å². The Morgan fingerprint density at radius 2 is 2.09 bits per heavy atom. The van der Waals surface area contributed by atoms with E-state index < -0.39 is 0 Å². The summed E-state index contributed by atoms with van der Waals surface area (Å²) in [6.07, 6.45) is 3.15. The number of hydrogen-bond acceptors (Lipinski definition) is 4. The first-order valence-corrected chi connectivity index (χ1v) is 8.67. The lowest BCUT2D eigenvalue weighted by Crippen LogP contribution is -2.36. The van der Waals surface area contributed by atoms with Crippen molar-refractivity contribution in [2.45, 2.75) is 58.4 Å². The van der Waals surface area contributed by atoms with Gasteiger partial charge in [0.05, 0.1) is 11.7 Å². The van der Waals surface area contributed by atoms with E-state index in [-0.39, 0.29) is 48.1 Å². The minimum absolute atomic E-state index is 0. The van der Waals surface area contributed by atoms with Crippen molar-refractivity contribution in [3.05, 3.63) is 16.1 Å². The molecule has 1 aromatic heterocycles. The van der Waals surface area contributed by atoms with Crippen LogP contribution in [0.2, 0.25) is 0 Å². The molecule has 3 atom stereocenters. The van der Waals surface area contributed by atoms with Crippen molar-refractivity contribution in [3.63, 3.8) is 0 Å². The summed E-state index contributed by atoms with van der Waals surface area (Å²) in [7, 11) is 0. The van der Waals surface area contributed by atoms with Gasteiger partial charge < -0.3 is 11.1 Å². The number of hydrogen-bond donors (Lipinski definition) is 2. The van der Waals surface area contributed by atoms with Gasteiger partial charge in [-0.15, -0.1) is 36.2 Å². The van der Waals surface area contributed by atoms with Crippen LogP contribution in [-0.2, 0) is 10.2 Å². The molecule has 0 aromatic carbocycles. The number of nitrogens with two attached hydrogens (primary N) is 1. The molecule has 1 aliphatic rings. The zero-order valence-corrected chi connectivity index (χ0v) is 16.7. The van der Waals surface area contributed by atoms with Gasteiger partial charge in [-0.25, -0.2) is 4.98 Å². The first-order valence-electron chi connectivity index (χ1n) is 7.79. The largest absolute Gasteiger partial charge is 0.347 e. The molecule has 2 rings (SSSR count). The van der Waals surface area contributed by atoms with Gasteiger partial charge in [0, 0.05) is 16.7 Å². The highest BCUT2D eigenvalue weighted by atomic mass is 35.5. The third kappa shape index (κ3) is 5.59. The summed E-state index contributed by atoms with van der Waals surface area (Å²) in [6.45, 7) is 9.08. The van der Waals surface area contributed by atoms with Crippen molar-refractivity contribution in [2.75, 3.05) is 6.54 Å². The van der Waals surface area contributed by atoms with E-state index >= 15 is 0 Å². The predicted octanol–water partition coefficient (Wildman–Crippen LogP) is 3.84. The molecule has 0 aliphatic heterocycles. The van der Waals surface area contributed by atoms with E-state index in [9.17, 15) is 4.79 Å². The van der Waals surface area contributed by atoms with E-state index in [0.717, 1.165) is 30.0 Å². The predicted molar refractivity (Wildman–Crippen MR) is 102 cm³/mol. The van der Waals surface area contributed by atoms with E-state index in [1.165, 1.54) is 0 Å². The molecule has 0 spiro atoms. The third-order valence-corrected chi connectivity index (χ3v) is 5.35. The van der Waals surface area contributed by atoms with Crippen LogP contribution in [0.15, 0.2) is 5.38 Å². The Hall–Kier alpha value is -0.360. The lowest BCUT2D eigenvalue weighted by Gasteiger charge is -2.20. The smallest absolute Gasteiger partial charge is 0.223 e. The van der Waals surface area contributed by atoms with Crippen LogP contribution < -0.4 is 11.1 Å². The lowest BCUT2D eigenvalue weighted by molar-refractivity contribution is -0.126. The number of aromatic nitrogens is 1. The summed E-state index contributed by atoms with van der Waals surface area (Å²) in [5, 5.41) is 6.20. The molecule has 1 aromatic rings. The van der Waals surface area contributed by atoms with Crippen LogP contribution in [0.5, 0.6) is 0 Å². The molecule has 1 amide bonds. The Kier molecular flexibility index (Phi) is 9.06. The fourth-order valence-corrected chi connectivity index (χ4v) is 3.93. The molecule has 1 aliphatic carbocycles. The maximum Gasteiger partial charge on any atom is 0.223 e. The first-order chi connectivity index (χ1) is 9.82. The number of thiazole rings is 1. The average molecular weight is 382 g/mol. The van der Waals surface area contributed by atoms with Crippen molar-refractivity contribution < 1.29 is 4.79 Å². The van der Waals surface area contributed by atoms with E-state index in [0.29, 0.717) is 12.5 Å². The molecule has 1 unspecified atom stereocenters. The Balaban J connectivity index is 0.00000242. The standard InChI is InChI=1S/C16H27N3OS.2ClH/c1-10(15-19-13(9-21-15)16(2,3)4)18-14(20)12-7-5-6-11(12)8-17;;/h9-12H,5-8,17H2,1-4H3,(H,18,20);2*1H/t10?,11-,12-;;/m1../s1. The Labute approximate surface area is 155 Å². The molecule has 0 bridgehead atoms. The molecule has 4 nitrogen and oxygen atoms in total. The molecule has 3 N–H and O–H groups in total. The van der Waals surface area contributed by atoms with Gasteiger partial charge in [0.15, 0.2) is 0 Å². The van der Waals surface area contributed by atoms with Crippen LogP contribution in [-0.4, -0.2) is 17.4 Å². The summed E-state index contributed by atoms with van der Waals surface area (Å²) in [4.78, 5) is 17.1. The first kappa shape index (κ1) is 22.6. The molecular weight excluding hydrogens is 353 g/mol. The van der Waals surface area contributed by atoms with E-state index in [1.807, 2.05) is 6.92 Å². The fourth-order valence-electron chi connectivity index (χ4n) is 2.88. The Bertz CT molecular complexity index is 502. The van der Waals surface area contributed by atoms with Crippen molar-refractivity contribution >= 4 is 42.1 Å². The van der Waals surface area contributed by atoms with Gasteiger partial charge in [0.1, 0.15) is 5.01 Å². The summed E-state index contributed by atoms with van der Waals surface area (Å²) in [6, 6.07) is -0.0300. The summed E-state index contributed by atoms with van der Waals surface area (Å²) in [5.41, 5.74) is 6.90. The van der Waals surface area contributed by atoms with Crippen molar-refractivity contribution in [1.29, 1.82) is 0 Å². The number of carbonyl (C=O) groups excluding carboxylic acids is 1. The number of nitrogens with zero attached hydrogens (tertiary/aromatic N) is 1.